The molecule has 1 aliphatic heterocycles. The maximum absolute atomic E-state index is 5.98. The number of nitrogens with zero attached hydrogens (tertiary/aromatic N) is 3. The second kappa shape index (κ2) is 10.0. The molecule has 154 valence electrons. The van der Waals surface area contributed by atoms with Crippen LogP contribution in [0.5, 0.6) is 0 Å². The average molecular weight is 442 g/mol. The lowest BCUT2D eigenvalue weighted by atomic mass is 9.78. The van der Waals surface area contributed by atoms with Crippen LogP contribution in [0.2, 0.25) is 0 Å². The fourth-order valence-electron chi connectivity index (χ4n) is 3.82. The normalized spacial score (nSPS) is 22.0. The molecule has 1 aromatic carbocycles. The quantitative estimate of drug-likeness (QED) is 0.740. The molecule has 2 heterocycles. The fraction of sp³-hybridized carbons (Fsp3) is 0.500. The summed E-state index contributed by atoms with van der Waals surface area (Å²) in [4.78, 5) is 12.7. The van der Waals surface area contributed by atoms with Gasteiger partial charge < -0.3 is 16.4 Å². The Morgan fingerprint density at radius 2 is 1.75 bits per heavy atom. The van der Waals surface area contributed by atoms with E-state index in [0.29, 0.717) is 23.2 Å². The van der Waals surface area contributed by atoms with Crippen LogP contribution in [0.15, 0.2) is 35.2 Å². The molecule has 0 amide bonds. The third-order valence-corrected chi connectivity index (χ3v) is 7.01. The molecule has 1 aliphatic carbocycles. The zero-order chi connectivity index (χ0) is 18.1. The van der Waals surface area contributed by atoms with Crippen molar-refractivity contribution < 1.29 is 0 Å². The molecule has 0 bridgehead atoms. The summed E-state index contributed by atoms with van der Waals surface area (Å²) in [6.45, 7) is 4.22. The molecule has 4 rings (SSSR count). The molecule has 2 aliphatic rings. The minimum atomic E-state index is 0. The average Bonchev–Trinajstić information content (AvgIpc) is 2.61. The summed E-state index contributed by atoms with van der Waals surface area (Å²) in [6.07, 6.45) is 4.33. The van der Waals surface area contributed by atoms with Crippen LogP contribution < -0.4 is 16.4 Å². The van der Waals surface area contributed by atoms with Gasteiger partial charge in [0.25, 0.3) is 0 Å². The molecule has 28 heavy (non-hydrogen) atoms. The van der Waals surface area contributed by atoms with Gasteiger partial charge in [0, 0.05) is 41.3 Å². The number of rotatable bonds is 4. The van der Waals surface area contributed by atoms with Crippen molar-refractivity contribution in [3.63, 3.8) is 0 Å². The van der Waals surface area contributed by atoms with Gasteiger partial charge in [-0.25, -0.2) is 4.98 Å². The molecule has 1 aromatic heterocycles. The molecular weight excluding hydrogens is 413 g/mol. The Balaban J connectivity index is 0.00000140. The minimum absolute atomic E-state index is 0. The van der Waals surface area contributed by atoms with E-state index >= 15 is 0 Å². The Morgan fingerprint density at radius 1 is 1.07 bits per heavy atom. The minimum Gasteiger partial charge on any atom is -0.368 e. The summed E-state index contributed by atoms with van der Waals surface area (Å²) in [5.41, 5.74) is 14.3. The van der Waals surface area contributed by atoms with E-state index in [1.165, 1.54) is 10.5 Å². The van der Waals surface area contributed by atoms with Crippen LogP contribution in [-0.4, -0.2) is 34.3 Å². The predicted molar refractivity (Wildman–Crippen MR) is 123 cm³/mol. The molecule has 2 aromatic rings. The standard InChI is InChI=1S/C20H27N5S.2ClH/c1-13-4-2-3-5-18(13)26-16-6-8-25(9-7-16)19-12-17(23-20(22)24-19)14-10-15(21)11-14;;/h2-5,12,14-16H,6-11,21H2,1H3,(H2,22,23,24);2*1H. The van der Waals surface area contributed by atoms with Gasteiger partial charge in [-0.3, -0.25) is 0 Å². The maximum Gasteiger partial charge on any atom is 0.222 e. The number of benzene rings is 1. The summed E-state index contributed by atoms with van der Waals surface area (Å²) < 4.78 is 0. The summed E-state index contributed by atoms with van der Waals surface area (Å²) in [5, 5.41) is 0.663. The molecule has 0 unspecified atom stereocenters. The molecule has 2 fully saturated rings. The van der Waals surface area contributed by atoms with Gasteiger partial charge in [-0.05, 0) is 44.2 Å². The summed E-state index contributed by atoms with van der Waals surface area (Å²) in [6, 6.07) is 11.1. The van der Waals surface area contributed by atoms with Gasteiger partial charge in [0.05, 0.1) is 5.69 Å². The topological polar surface area (TPSA) is 81.1 Å². The van der Waals surface area contributed by atoms with Crippen molar-refractivity contribution in [3.8, 4) is 0 Å². The van der Waals surface area contributed by atoms with Gasteiger partial charge >= 0.3 is 0 Å². The zero-order valence-electron chi connectivity index (χ0n) is 16.1. The molecule has 0 radical (unpaired) electrons. The molecule has 8 heteroatoms. The van der Waals surface area contributed by atoms with Crippen LogP contribution in [0, 0.1) is 6.92 Å². The molecule has 1 saturated heterocycles. The maximum atomic E-state index is 5.98. The predicted octanol–water partition coefficient (Wildman–Crippen LogP) is 4.18. The SMILES string of the molecule is Cc1ccccc1SC1CCN(c2cc(C3CC(N)C3)nc(N)n2)CC1.Cl.Cl. The van der Waals surface area contributed by atoms with Gasteiger partial charge in [0.2, 0.25) is 5.95 Å². The second-order valence-electron chi connectivity index (χ2n) is 7.51. The van der Waals surface area contributed by atoms with E-state index in [1.807, 2.05) is 11.8 Å². The molecule has 1 saturated carbocycles. The number of piperidine rings is 1. The summed E-state index contributed by atoms with van der Waals surface area (Å²) >= 11 is 2.01. The summed E-state index contributed by atoms with van der Waals surface area (Å²) in [7, 11) is 0. The number of hydrogen-bond donors (Lipinski definition) is 2. The van der Waals surface area contributed by atoms with E-state index in [4.69, 9.17) is 11.5 Å². The van der Waals surface area contributed by atoms with E-state index in [-0.39, 0.29) is 24.8 Å². The van der Waals surface area contributed by atoms with Gasteiger partial charge in [0.1, 0.15) is 5.82 Å². The van der Waals surface area contributed by atoms with Crippen LogP contribution in [0.25, 0.3) is 0 Å². The van der Waals surface area contributed by atoms with E-state index in [0.717, 1.165) is 50.3 Å². The highest BCUT2D eigenvalue weighted by molar-refractivity contribution is 8.00. The van der Waals surface area contributed by atoms with Gasteiger partial charge in [-0.2, -0.15) is 4.98 Å². The van der Waals surface area contributed by atoms with Crippen molar-refractivity contribution in [2.24, 2.45) is 5.73 Å². The number of aromatic nitrogens is 2. The van der Waals surface area contributed by atoms with Crippen LogP contribution in [0.3, 0.4) is 0 Å². The molecule has 0 atom stereocenters. The highest BCUT2D eigenvalue weighted by Gasteiger charge is 2.30. The molecule has 5 nitrogen and oxygen atoms in total. The Hall–Kier alpha value is -1.21. The van der Waals surface area contributed by atoms with E-state index in [1.54, 1.807) is 0 Å². The number of nitrogens with two attached hydrogens (primary N) is 2. The largest absolute Gasteiger partial charge is 0.368 e. The lowest BCUT2D eigenvalue weighted by Gasteiger charge is -2.35. The number of aryl methyl sites for hydroxylation is 1. The molecular formula is C20H29Cl2N5S. The monoisotopic (exact) mass is 441 g/mol. The Morgan fingerprint density at radius 3 is 2.39 bits per heavy atom. The van der Waals surface area contributed by atoms with Crippen molar-refractivity contribution in [2.45, 2.75) is 54.7 Å². The first-order valence-corrected chi connectivity index (χ1v) is 10.3. The Bertz CT molecular complexity index is 777. The van der Waals surface area contributed by atoms with Crippen molar-refractivity contribution in [2.75, 3.05) is 23.7 Å². The third-order valence-electron chi connectivity index (χ3n) is 5.50. The lowest BCUT2D eigenvalue weighted by Crippen LogP contribution is -2.37. The van der Waals surface area contributed by atoms with Crippen LogP contribution in [-0.2, 0) is 0 Å². The van der Waals surface area contributed by atoms with Crippen molar-refractivity contribution >= 4 is 48.3 Å². The molecule has 0 spiro atoms. The third kappa shape index (κ3) is 5.23. The van der Waals surface area contributed by atoms with Crippen molar-refractivity contribution in [1.82, 2.24) is 9.97 Å². The number of halogens is 2. The summed E-state index contributed by atoms with van der Waals surface area (Å²) in [5.74, 6) is 1.81. The fourth-order valence-corrected chi connectivity index (χ4v) is 5.03. The van der Waals surface area contributed by atoms with Crippen molar-refractivity contribution in [1.29, 1.82) is 0 Å². The van der Waals surface area contributed by atoms with Crippen molar-refractivity contribution in [3.05, 3.63) is 41.6 Å². The second-order valence-corrected chi connectivity index (χ2v) is 8.85. The van der Waals surface area contributed by atoms with Gasteiger partial charge in [-0.15, -0.1) is 36.6 Å². The van der Waals surface area contributed by atoms with Crippen LogP contribution >= 0.6 is 36.6 Å². The Kier molecular flexibility index (Phi) is 8.25. The first-order chi connectivity index (χ1) is 12.6. The van der Waals surface area contributed by atoms with Gasteiger partial charge in [0.15, 0.2) is 0 Å². The highest BCUT2D eigenvalue weighted by Crippen LogP contribution is 2.37. The Labute approximate surface area is 183 Å². The number of nitrogen functional groups attached to an aromatic ring is 1. The molecule has 4 N–H and O–H groups in total. The first kappa shape index (κ1) is 23.1. The first-order valence-electron chi connectivity index (χ1n) is 9.46. The van der Waals surface area contributed by atoms with Gasteiger partial charge in [-0.1, -0.05) is 18.2 Å². The number of hydrogen-bond acceptors (Lipinski definition) is 6. The van der Waals surface area contributed by atoms with Crippen LogP contribution in [0.1, 0.15) is 42.9 Å². The van der Waals surface area contributed by atoms with E-state index < -0.39 is 0 Å². The van der Waals surface area contributed by atoms with E-state index in [9.17, 15) is 0 Å². The number of anilines is 2. The number of thioether (sulfide) groups is 1. The lowest BCUT2D eigenvalue weighted by molar-refractivity contribution is 0.345. The highest BCUT2D eigenvalue weighted by atomic mass is 35.5. The smallest absolute Gasteiger partial charge is 0.222 e. The van der Waals surface area contributed by atoms with Crippen LogP contribution in [0.4, 0.5) is 11.8 Å². The zero-order valence-corrected chi connectivity index (χ0v) is 18.5. The van der Waals surface area contributed by atoms with E-state index in [2.05, 4.69) is 52.1 Å².